The van der Waals surface area contributed by atoms with E-state index in [0.29, 0.717) is 42.0 Å². The van der Waals surface area contributed by atoms with Crippen molar-refractivity contribution in [1.29, 1.82) is 0 Å². The van der Waals surface area contributed by atoms with Crippen molar-refractivity contribution in [3.05, 3.63) is 86.5 Å². The largest absolute Gasteiger partial charge is 0.507 e. The predicted octanol–water partition coefficient (Wildman–Crippen LogP) is 7.38. The zero-order chi connectivity index (χ0) is 34.7. The number of methoxy groups -OCH3 is 1. The van der Waals surface area contributed by atoms with Gasteiger partial charge in [0.1, 0.15) is 17.3 Å². The Morgan fingerprint density at radius 2 is 1.91 bits per heavy atom. The van der Waals surface area contributed by atoms with Gasteiger partial charge in [0.15, 0.2) is 11.2 Å². The maximum Gasteiger partial charge on any atom is 0.389 e. The Hall–Kier alpha value is -4.03. The molecular weight excluding hydrogens is 637 g/mol. The molecule has 8 nitrogen and oxygen atoms in total. The van der Waals surface area contributed by atoms with Gasteiger partial charge in [-0.25, -0.2) is 4.79 Å². The van der Waals surface area contributed by atoms with Gasteiger partial charge in [-0.3, -0.25) is 9.59 Å². The summed E-state index contributed by atoms with van der Waals surface area (Å²) in [6, 6.07) is 3.23. The van der Waals surface area contributed by atoms with E-state index < -0.39 is 48.2 Å². The van der Waals surface area contributed by atoms with Crippen LogP contribution >= 0.6 is 12.2 Å². The summed E-state index contributed by atoms with van der Waals surface area (Å²) in [5, 5.41) is 21.4. The Kier molecular flexibility index (Phi) is 13.7. The van der Waals surface area contributed by atoms with Crippen LogP contribution in [0.1, 0.15) is 102 Å². The van der Waals surface area contributed by atoms with E-state index in [9.17, 15) is 37.8 Å². The number of alkyl halides is 3. The molecule has 1 aliphatic rings. The normalized spacial score (nSPS) is 14.4. The number of aliphatic hydroxyl groups excluding tert-OH is 1. The molecular formula is C35H39F3O8S. The second-order valence-corrected chi connectivity index (χ2v) is 11.7. The minimum Gasteiger partial charge on any atom is -0.507 e. The fraction of sp³-hybridized carbons (Fsp3) is 0.429. The maximum atomic E-state index is 13.6. The van der Waals surface area contributed by atoms with Crippen LogP contribution in [-0.4, -0.2) is 52.8 Å². The van der Waals surface area contributed by atoms with Crippen LogP contribution in [0, 0.1) is 0 Å². The molecule has 0 saturated heterocycles. The van der Waals surface area contributed by atoms with E-state index in [1.54, 1.807) is 18.2 Å². The van der Waals surface area contributed by atoms with E-state index in [1.807, 2.05) is 13.0 Å². The van der Waals surface area contributed by atoms with Crippen LogP contribution in [0.2, 0.25) is 0 Å². The number of ether oxygens (including phenoxy) is 2. The molecule has 1 aliphatic carbocycles. The second-order valence-electron chi connectivity index (χ2n) is 11.1. The van der Waals surface area contributed by atoms with Crippen LogP contribution in [0.25, 0.3) is 6.08 Å². The number of Topliss-reactive ketones (excluding diaryl/α,β-unsaturated/α-hetero) is 1. The summed E-state index contributed by atoms with van der Waals surface area (Å²) >= 11 is 5.17. The van der Waals surface area contributed by atoms with E-state index in [2.05, 4.69) is 0 Å². The van der Waals surface area contributed by atoms with Gasteiger partial charge < -0.3 is 24.1 Å². The molecule has 0 aliphatic heterocycles. The minimum absolute atomic E-state index is 0.0548. The molecule has 0 fully saturated rings. The molecule has 0 radical (unpaired) electrons. The van der Waals surface area contributed by atoms with Crippen LogP contribution in [-0.2, 0) is 17.6 Å². The van der Waals surface area contributed by atoms with Crippen molar-refractivity contribution in [1.82, 2.24) is 0 Å². The molecule has 0 amide bonds. The van der Waals surface area contributed by atoms with Crippen LogP contribution in [0.3, 0.4) is 0 Å². The average molecular weight is 677 g/mol. The van der Waals surface area contributed by atoms with Crippen molar-refractivity contribution in [2.75, 3.05) is 13.7 Å². The van der Waals surface area contributed by atoms with Gasteiger partial charge >= 0.3 is 12.1 Å². The lowest BCUT2D eigenvalue weighted by molar-refractivity contribution is -0.140. The molecule has 1 aromatic heterocycles. The number of ketones is 1. The molecule has 3 rings (SSSR count). The number of carbonyl (C=O) groups excluding carboxylic acids is 2. The van der Waals surface area contributed by atoms with Crippen LogP contribution in [0.4, 0.5) is 13.2 Å². The molecule has 2 atom stereocenters. The minimum atomic E-state index is -4.54. The van der Waals surface area contributed by atoms with Crippen molar-refractivity contribution in [3.8, 4) is 11.5 Å². The smallest absolute Gasteiger partial charge is 0.389 e. The van der Waals surface area contributed by atoms with Crippen molar-refractivity contribution >= 4 is 34.9 Å². The topological polar surface area (TPSA) is 123 Å². The standard InChI is InChI=1S/C35H39F3O8S/c1-4-11-25-28(16-15-23(21(2)39)31(25)41)45-19-10-8-6-5-7-9-12-24(27(40)17-18-35(36,37)38)30-32(42)26-14-13-22(47)20-29(26)46-33(30)34(43)44-3/h5,7,9,12-16,24,27,40-41H,4,6,8,10-11,17-20H2,1-3H3/b7-5-,12-9+/t24-,27-/m1/s1. The third-order valence-corrected chi connectivity index (χ3v) is 7.86. The number of benzene rings is 1. The molecule has 47 heavy (non-hydrogen) atoms. The highest BCUT2D eigenvalue weighted by atomic mass is 32.1. The van der Waals surface area contributed by atoms with Crippen molar-refractivity contribution < 1.29 is 46.9 Å². The van der Waals surface area contributed by atoms with Crippen molar-refractivity contribution in [2.45, 2.75) is 83.4 Å². The summed E-state index contributed by atoms with van der Waals surface area (Å²) in [6.07, 6.45) is 4.47. The van der Waals surface area contributed by atoms with Crippen molar-refractivity contribution in [3.63, 3.8) is 0 Å². The molecule has 0 saturated carbocycles. The van der Waals surface area contributed by atoms with Gasteiger partial charge in [-0.1, -0.05) is 49.9 Å². The lowest BCUT2D eigenvalue weighted by Crippen LogP contribution is -2.30. The van der Waals surface area contributed by atoms with Crippen molar-refractivity contribution in [2.24, 2.45) is 0 Å². The van der Waals surface area contributed by atoms with E-state index in [0.717, 1.165) is 20.0 Å². The number of phenolic OH excluding ortho intramolecular Hbond substituents is 1. The second kappa shape index (κ2) is 17.2. The van der Waals surface area contributed by atoms with Gasteiger partial charge in [-0.2, -0.15) is 13.2 Å². The first-order chi connectivity index (χ1) is 22.3. The molecule has 0 bridgehead atoms. The Morgan fingerprint density at radius 1 is 1.17 bits per heavy atom. The van der Waals surface area contributed by atoms with Gasteiger partial charge in [0, 0.05) is 29.2 Å². The highest BCUT2D eigenvalue weighted by Gasteiger charge is 2.35. The summed E-state index contributed by atoms with van der Waals surface area (Å²) in [5.74, 6) is -2.44. The summed E-state index contributed by atoms with van der Waals surface area (Å²) in [5.41, 5.74) is -0.00679. The van der Waals surface area contributed by atoms with Gasteiger partial charge in [0.25, 0.3) is 0 Å². The number of hydrogen-bond acceptors (Lipinski definition) is 9. The number of fused-ring (bicyclic) bond motifs is 1. The summed E-state index contributed by atoms with van der Waals surface area (Å²) < 4.78 is 55.5. The lowest BCUT2D eigenvalue weighted by atomic mass is 9.87. The fourth-order valence-corrected chi connectivity index (χ4v) is 5.39. The van der Waals surface area contributed by atoms with Gasteiger partial charge in [0.2, 0.25) is 5.76 Å². The Labute approximate surface area is 276 Å². The van der Waals surface area contributed by atoms with Gasteiger partial charge in [-0.15, -0.1) is 0 Å². The molecule has 1 aromatic carbocycles. The lowest BCUT2D eigenvalue weighted by Gasteiger charge is -2.23. The number of esters is 1. The number of halogens is 3. The predicted molar refractivity (Wildman–Crippen MR) is 175 cm³/mol. The fourth-order valence-electron chi connectivity index (χ4n) is 5.19. The quantitative estimate of drug-likeness (QED) is 0.0617. The summed E-state index contributed by atoms with van der Waals surface area (Å²) in [7, 11) is 1.08. The third-order valence-electron chi connectivity index (χ3n) is 7.58. The molecule has 12 heteroatoms. The average Bonchev–Trinajstić information content (AvgIpc) is 3.01. The Balaban J connectivity index is 1.74. The Bertz CT molecular complexity index is 1600. The van der Waals surface area contributed by atoms with E-state index >= 15 is 0 Å². The van der Waals surface area contributed by atoms with Gasteiger partial charge in [-0.05, 0) is 63.3 Å². The number of unbranched alkanes of at least 4 members (excludes halogenated alkanes) is 2. The van der Waals surface area contributed by atoms with Gasteiger partial charge in [0.05, 0.1) is 36.5 Å². The van der Waals surface area contributed by atoms with Crippen LogP contribution in [0.15, 0.2) is 51.7 Å². The molecule has 254 valence electrons. The number of phenols is 1. The number of thiocarbonyl (C=S) groups is 1. The molecule has 0 unspecified atom stereocenters. The highest BCUT2D eigenvalue weighted by Crippen LogP contribution is 2.34. The zero-order valence-corrected chi connectivity index (χ0v) is 27.3. The molecule has 1 heterocycles. The number of allylic oxidation sites excluding steroid dienone is 4. The first kappa shape index (κ1) is 37.4. The van der Waals surface area contributed by atoms with E-state index in [-0.39, 0.29) is 40.4 Å². The van der Waals surface area contributed by atoms with E-state index in [1.165, 1.54) is 31.2 Å². The number of carbonyl (C=O) groups is 2. The number of aliphatic hydroxyl groups is 1. The molecule has 0 spiro atoms. The molecule has 2 N–H and O–H groups in total. The Morgan fingerprint density at radius 3 is 2.57 bits per heavy atom. The maximum absolute atomic E-state index is 13.6. The SMILES string of the molecule is CCCc1c(OCCCC/C=C\C=C\[C@@H](c2c(C(=O)OC)oc3c(c2=O)C=CC(=S)C3)[C@H](O)CCC(F)(F)F)ccc(C(C)=O)c1O. The first-order valence-corrected chi connectivity index (χ1v) is 15.8. The highest BCUT2D eigenvalue weighted by molar-refractivity contribution is 7.80. The molecule has 2 aromatic rings. The number of rotatable bonds is 16. The number of hydrogen-bond donors (Lipinski definition) is 2. The first-order valence-electron chi connectivity index (χ1n) is 15.3. The zero-order valence-electron chi connectivity index (χ0n) is 26.5. The van der Waals surface area contributed by atoms with Crippen LogP contribution < -0.4 is 10.2 Å². The third kappa shape index (κ3) is 10.2. The number of aromatic hydroxyl groups is 1. The summed E-state index contributed by atoms with van der Waals surface area (Å²) in [6.45, 7) is 3.72. The summed E-state index contributed by atoms with van der Waals surface area (Å²) in [4.78, 5) is 38.5. The van der Waals surface area contributed by atoms with Crippen LogP contribution in [0.5, 0.6) is 11.5 Å². The van der Waals surface area contributed by atoms with E-state index in [4.69, 9.17) is 26.1 Å². The monoisotopic (exact) mass is 676 g/mol.